The average Bonchev–Trinajstić information content (AvgIpc) is 3.64. The van der Waals surface area contributed by atoms with Gasteiger partial charge in [0.2, 0.25) is 0 Å². The summed E-state index contributed by atoms with van der Waals surface area (Å²) in [6.45, 7) is 0. The monoisotopic (exact) mass is 630 g/mol. The van der Waals surface area contributed by atoms with Crippen LogP contribution in [0.25, 0.3) is 12.2 Å². The molecule has 2 N–H and O–H groups in total. The molecule has 34 heavy (non-hydrogen) atoms. The molecule has 0 fully saturated rings. The molecule has 0 bridgehead atoms. The molecule has 0 spiro atoms. The van der Waals surface area contributed by atoms with E-state index in [2.05, 4.69) is 79.5 Å². The van der Waals surface area contributed by atoms with Crippen LogP contribution < -0.4 is 6.61 Å². The van der Waals surface area contributed by atoms with Crippen molar-refractivity contribution in [3.63, 3.8) is 0 Å². The summed E-state index contributed by atoms with van der Waals surface area (Å²) in [5.74, 6) is 0. The van der Waals surface area contributed by atoms with Gasteiger partial charge in [0.15, 0.2) is 0 Å². The Morgan fingerprint density at radius 1 is 0.676 bits per heavy atom. The Hall–Kier alpha value is -2.43. The zero-order chi connectivity index (χ0) is 23.7. The maximum absolute atomic E-state index is 9.47. The molecule has 0 radical (unpaired) electrons. The summed E-state index contributed by atoms with van der Waals surface area (Å²) in [7, 11) is 0. The van der Waals surface area contributed by atoms with E-state index in [1.54, 1.807) is 0 Å². The van der Waals surface area contributed by atoms with Crippen molar-refractivity contribution in [3.05, 3.63) is 133 Å². The molecule has 0 saturated heterocycles. The summed E-state index contributed by atoms with van der Waals surface area (Å²) < 4.78 is 4.87. The molecule has 2 aliphatic carbocycles. The minimum Gasteiger partial charge on any atom is -0.273 e. The summed E-state index contributed by atoms with van der Waals surface area (Å²) in [4.78, 5) is 18.9. The first-order valence-electron chi connectivity index (χ1n) is 10.6. The Morgan fingerprint density at radius 2 is 1.09 bits per heavy atom. The van der Waals surface area contributed by atoms with Gasteiger partial charge in [0, 0.05) is 0 Å². The number of amides is 2. The molecule has 4 rings (SSSR count). The third-order valence-corrected chi connectivity index (χ3v) is 5.95. The number of benzene rings is 2. The van der Waals surface area contributed by atoms with E-state index in [-0.39, 0.29) is 26.2 Å². The van der Waals surface area contributed by atoms with E-state index in [1.807, 2.05) is 60.7 Å². The Morgan fingerprint density at radius 3 is 1.35 bits per heavy atom. The Kier molecular flexibility index (Phi) is 23.4. The normalized spacial score (nSPS) is 11.8. The number of allylic oxidation sites excluding steroid dienone is 10. The van der Waals surface area contributed by atoms with Gasteiger partial charge in [-0.3, -0.25) is 12.2 Å². The number of nitrogens with one attached hydrogen (secondary N) is 2. The fourth-order valence-corrected chi connectivity index (χ4v) is 3.10. The van der Waals surface area contributed by atoms with E-state index in [1.165, 1.54) is 11.1 Å². The molecule has 2 aromatic rings. The molecule has 4 nitrogen and oxygen atoms in total. The Labute approximate surface area is 234 Å². The van der Waals surface area contributed by atoms with Crippen molar-refractivity contribution in [1.29, 1.82) is 0 Å². The van der Waals surface area contributed by atoms with Crippen molar-refractivity contribution in [3.8, 4) is 0 Å². The van der Waals surface area contributed by atoms with E-state index >= 15 is 0 Å². The zero-order valence-corrected chi connectivity index (χ0v) is 25.6. The minimum atomic E-state index is -1.35. The number of carbonyl (C=O) groups is 2. The SMILES string of the molecule is C(C=Cc1ccccc1)=Cc1ccccc1.O=C[NH][InH][NH]C=O.[C-]1=CC=CC1.[C-]1=CC=CC1.[Zr+2]. The number of hydrogen-bond acceptors (Lipinski definition) is 2. The average molecular weight is 632 g/mol. The van der Waals surface area contributed by atoms with Crippen LogP contribution in [0.15, 0.2) is 109 Å². The van der Waals surface area contributed by atoms with Crippen LogP contribution in [-0.4, -0.2) is 36.3 Å². The van der Waals surface area contributed by atoms with Gasteiger partial charge in [-0.1, -0.05) is 85.0 Å². The predicted octanol–water partition coefficient (Wildman–Crippen LogP) is 4.77. The first kappa shape index (κ1) is 31.6. The van der Waals surface area contributed by atoms with Crippen LogP contribution in [0, 0.1) is 12.2 Å². The second-order valence-electron chi connectivity index (χ2n) is 6.37. The van der Waals surface area contributed by atoms with Gasteiger partial charge in [-0.25, -0.2) is 24.3 Å². The first-order chi connectivity index (χ1) is 16.4. The molecule has 2 amide bonds. The van der Waals surface area contributed by atoms with E-state index < -0.39 is 23.5 Å². The second kappa shape index (κ2) is 25.2. The molecule has 0 unspecified atom stereocenters. The number of rotatable bonds is 7. The van der Waals surface area contributed by atoms with Crippen molar-refractivity contribution in [1.82, 2.24) is 6.61 Å². The van der Waals surface area contributed by atoms with Crippen LogP contribution in [0.5, 0.6) is 0 Å². The van der Waals surface area contributed by atoms with Crippen LogP contribution in [0.3, 0.4) is 0 Å². The zero-order valence-electron chi connectivity index (χ0n) is 19.1. The van der Waals surface area contributed by atoms with Gasteiger partial charge in [-0.2, -0.15) is 12.2 Å². The molecule has 2 aliphatic rings. The second-order valence-corrected chi connectivity index (χ2v) is 9.71. The third kappa shape index (κ3) is 20.2. The van der Waals surface area contributed by atoms with Crippen molar-refractivity contribution in [2.45, 2.75) is 12.8 Å². The molecule has 6 heteroatoms. The summed E-state index contributed by atoms with van der Waals surface area (Å²) in [6.07, 6.45) is 29.5. The molecule has 0 aliphatic heterocycles. The van der Waals surface area contributed by atoms with Gasteiger partial charge < -0.3 is 0 Å². The first-order valence-corrected chi connectivity index (χ1v) is 14.6. The summed E-state index contributed by atoms with van der Waals surface area (Å²) >= 11 is -1.35. The van der Waals surface area contributed by atoms with Gasteiger partial charge in [-0.05, 0) is 11.1 Å². The summed E-state index contributed by atoms with van der Waals surface area (Å²) in [5, 5.41) is 0. The van der Waals surface area contributed by atoms with Gasteiger partial charge in [0.05, 0.1) is 0 Å². The minimum absolute atomic E-state index is 0. The van der Waals surface area contributed by atoms with E-state index in [9.17, 15) is 9.59 Å². The molecular formula is C28H29InN2O2Zr. The molecule has 0 atom stereocenters. The van der Waals surface area contributed by atoms with Crippen molar-refractivity contribution < 1.29 is 35.8 Å². The topological polar surface area (TPSA) is 58.2 Å². The molecular weight excluding hydrogens is 602 g/mol. The molecule has 2 aromatic carbocycles. The van der Waals surface area contributed by atoms with Crippen LogP contribution >= 0.6 is 0 Å². The predicted molar refractivity (Wildman–Crippen MR) is 140 cm³/mol. The van der Waals surface area contributed by atoms with E-state index in [0.29, 0.717) is 12.8 Å². The van der Waals surface area contributed by atoms with Crippen LogP contribution in [-0.2, 0) is 35.8 Å². The maximum atomic E-state index is 9.47. The van der Waals surface area contributed by atoms with Crippen LogP contribution in [0.1, 0.15) is 24.0 Å². The molecule has 0 saturated carbocycles. The fourth-order valence-electron chi connectivity index (χ4n) is 2.28. The van der Waals surface area contributed by atoms with Crippen LogP contribution in [0.2, 0.25) is 0 Å². The Balaban J connectivity index is 0.000000499. The van der Waals surface area contributed by atoms with Crippen LogP contribution in [0.4, 0.5) is 0 Å². The summed E-state index contributed by atoms with van der Waals surface area (Å²) in [5.41, 5.74) is 2.44. The standard InChI is InChI=1S/C16H14.2C5H5.2CH3NO.In.Zr.H/c1-3-9-15(10-4-1)13-7-8-14-16-11-5-2-6-12-16;2*1-2-4-5-3-1;2*2-1-3;;;/h1-14H;2*1-3H,4H2;2*1H,(H2,2,3);;;/q;2*-1;;;2*+2;/p-2. The quantitative estimate of drug-likeness (QED) is 0.200. The molecule has 0 aromatic heterocycles. The smallest absolute Gasteiger partial charge is 0.273 e. The largest absolute Gasteiger partial charge is 2.00 e. The van der Waals surface area contributed by atoms with E-state index in [4.69, 9.17) is 0 Å². The summed E-state index contributed by atoms with van der Waals surface area (Å²) in [6, 6.07) is 20.6. The van der Waals surface area contributed by atoms with Gasteiger partial charge in [0.1, 0.15) is 0 Å². The maximum Gasteiger partial charge on any atom is 2.00 e. The fraction of sp³-hybridized carbons (Fsp3) is 0.0714. The Bertz CT molecular complexity index is 840. The van der Waals surface area contributed by atoms with Gasteiger partial charge in [0.25, 0.3) is 0 Å². The number of hydrogen-bond donors (Lipinski definition) is 2. The van der Waals surface area contributed by atoms with Crippen molar-refractivity contribution in [2.24, 2.45) is 0 Å². The number of carbonyl (C=O) groups excluding carboxylic acids is 2. The van der Waals surface area contributed by atoms with Gasteiger partial charge >= 0.3 is 78.7 Å². The third-order valence-electron chi connectivity index (χ3n) is 3.83. The molecule has 0 heterocycles. The molecule has 170 valence electrons. The van der Waals surface area contributed by atoms with Gasteiger partial charge in [-0.15, -0.1) is 12.8 Å². The van der Waals surface area contributed by atoms with Crippen molar-refractivity contribution >= 4 is 48.5 Å². The van der Waals surface area contributed by atoms with Crippen molar-refractivity contribution in [2.75, 3.05) is 0 Å². The van der Waals surface area contributed by atoms with E-state index in [0.717, 1.165) is 12.8 Å².